The first kappa shape index (κ1) is 20.7. The summed E-state index contributed by atoms with van der Waals surface area (Å²) in [4.78, 5) is 30.4. The van der Waals surface area contributed by atoms with Crippen LogP contribution >= 0.6 is 0 Å². The lowest BCUT2D eigenvalue weighted by Crippen LogP contribution is -2.18. The summed E-state index contributed by atoms with van der Waals surface area (Å²) in [6.45, 7) is 1.72. The van der Waals surface area contributed by atoms with Crippen molar-refractivity contribution in [2.24, 2.45) is 4.99 Å². The molecule has 0 spiro atoms. The van der Waals surface area contributed by atoms with Gasteiger partial charge in [-0.3, -0.25) is 15.0 Å². The third-order valence-electron chi connectivity index (χ3n) is 4.09. The summed E-state index contributed by atoms with van der Waals surface area (Å²) in [5.74, 6) is -1.16. The van der Waals surface area contributed by atoms with Gasteiger partial charge in [0.15, 0.2) is 5.88 Å². The van der Waals surface area contributed by atoms with Gasteiger partial charge in [0.2, 0.25) is 0 Å². The van der Waals surface area contributed by atoms with E-state index in [0.717, 1.165) is 0 Å². The van der Waals surface area contributed by atoms with Crippen LogP contribution in [0.4, 0.5) is 5.69 Å². The number of hydroxylamine groups is 1. The quantitative estimate of drug-likeness (QED) is 0.237. The van der Waals surface area contributed by atoms with E-state index in [4.69, 9.17) is 9.94 Å². The summed E-state index contributed by atoms with van der Waals surface area (Å²) in [6, 6.07) is 11.2. The number of carbonyl (C=O) groups excluding carboxylic acids is 2. The number of H-pyrrole nitrogens is 1. The van der Waals surface area contributed by atoms with E-state index in [9.17, 15) is 14.7 Å². The van der Waals surface area contributed by atoms with Gasteiger partial charge in [-0.25, -0.2) is 10.3 Å². The van der Waals surface area contributed by atoms with Crippen LogP contribution in [0, 0.1) is 0 Å². The van der Waals surface area contributed by atoms with Crippen molar-refractivity contribution in [2.45, 2.75) is 14.4 Å². The Balaban J connectivity index is 0.00000280. The molecule has 0 saturated heterocycles. The number of esters is 1. The molecule has 0 unspecified atom stereocenters. The maximum atomic E-state index is 11.8. The Kier molecular flexibility index (Phi) is 6.17. The molecule has 0 saturated carbocycles. The number of rotatable bonds is 4. The molecule has 3 rings (SSSR count). The van der Waals surface area contributed by atoms with E-state index in [1.165, 1.54) is 19.2 Å². The van der Waals surface area contributed by atoms with E-state index in [-0.39, 0.29) is 18.9 Å². The Hall–Kier alpha value is -3.65. The van der Waals surface area contributed by atoms with Crippen LogP contribution in [-0.4, -0.2) is 40.0 Å². The molecule has 0 aliphatic rings. The number of methoxy groups -OCH3 is 1. The lowest BCUT2D eigenvalue weighted by Gasteiger charge is -2.04. The highest BCUT2D eigenvalue weighted by atomic mass is 16.5. The third kappa shape index (κ3) is 3.86. The molecule has 1 heterocycles. The fourth-order valence-electron chi connectivity index (χ4n) is 2.79. The molecule has 1 amide bonds. The number of nitrogens with zero attached hydrogens (tertiary/aromatic N) is 1. The van der Waals surface area contributed by atoms with Crippen LogP contribution in [0.5, 0.6) is 5.88 Å². The molecule has 3 aromatic rings. The van der Waals surface area contributed by atoms with Crippen molar-refractivity contribution in [1.82, 2.24) is 10.5 Å². The van der Waals surface area contributed by atoms with Gasteiger partial charge in [-0.05, 0) is 49.4 Å². The first-order valence-corrected chi connectivity index (χ1v) is 7.97. The van der Waals surface area contributed by atoms with Crippen molar-refractivity contribution in [1.29, 1.82) is 0 Å². The summed E-state index contributed by atoms with van der Waals surface area (Å²) in [7, 11) is 1.30. The number of hydrogen-bond donors (Lipinski definition) is 4. The topological polar surface area (TPSA) is 124 Å². The number of fused-ring (bicyclic) bond motifs is 1. The zero-order chi connectivity index (χ0) is 19.6. The van der Waals surface area contributed by atoms with Gasteiger partial charge in [0.25, 0.3) is 5.91 Å². The number of amides is 1. The van der Waals surface area contributed by atoms with Crippen molar-refractivity contribution in [2.75, 3.05) is 7.11 Å². The molecule has 0 bridgehead atoms. The molecule has 8 nitrogen and oxygen atoms in total. The SMILES string of the molecule is C.COC(=O)c1ccc2[nH]c(O)c(C(C)=Nc3ccc(C(=O)NO)cc3)c2c1. The second-order valence-corrected chi connectivity index (χ2v) is 5.79. The van der Waals surface area contributed by atoms with Crippen LogP contribution in [0.25, 0.3) is 10.9 Å². The van der Waals surface area contributed by atoms with E-state index < -0.39 is 11.9 Å². The highest BCUT2D eigenvalue weighted by Crippen LogP contribution is 2.30. The molecule has 4 N–H and O–H groups in total. The van der Waals surface area contributed by atoms with Gasteiger partial charge < -0.3 is 14.8 Å². The lowest BCUT2D eigenvalue weighted by atomic mass is 10.1. The van der Waals surface area contributed by atoms with Crippen LogP contribution < -0.4 is 5.48 Å². The van der Waals surface area contributed by atoms with Crippen LogP contribution in [0.2, 0.25) is 0 Å². The summed E-state index contributed by atoms with van der Waals surface area (Å²) in [6.07, 6.45) is 0. The molecule has 1 aromatic heterocycles. The predicted octanol–water partition coefficient (Wildman–Crippen LogP) is 3.56. The summed E-state index contributed by atoms with van der Waals surface area (Å²) in [5.41, 5.74) is 4.39. The molecule has 0 radical (unpaired) electrons. The van der Waals surface area contributed by atoms with Crippen molar-refractivity contribution in [3.63, 3.8) is 0 Å². The van der Waals surface area contributed by atoms with Crippen molar-refractivity contribution >= 4 is 34.2 Å². The number of carbonyl (C=O) groups is 2. The average Bonchev–Trinajstić information content (AvgIpc) is 3.02. The molecular formula is C20H21N3O5. The number of aliphatic imine (C=N–C) groups is 1. The van der Waals surface area contributed by atoms with Gasteiger partial charge in [-0.15, -0.1) is 0 Å². The number of nitrogens with one attached hydrogen (secondary N) is 2. The molecular weight excluding hydrogens is 362 g/mol. The van der Waals surface area contributed by atoms with Gasteiger partial charge in [-0.2, -0.15) is 0 Å². The Labute approximate surface area is 161 Å². The Morgan fingerprint density at radius 3 is 2.36 bits per heavy atom. The van der Waals surface area contributed by atoms with E-state index in [0.29, 0.717) is 33.4 Å². The third-order valence-corrected chi connectivity index (χ3v) is 4.09. The second-order valence-electron chi connectivity index (χ2n) is 5.79. The molecule has 2 aromatic carbocycles. The van der Waals surface area contributed by atoms with Crippen molar-refractivity contribution in [3.05, 3.63) is 59.2 Å². The smallest absolute Gasteiger partial charge is 0.337 e. The molecule has 8 heteroatoms. The van der Waals surface area contributed by atoms with Crippen molar-refractivity contribution in [3.8, 4) is 5.88 Å². The summed E-state index contributed by atoms with van der Waals surface area (Å²) >= 11 is 0. The normalized spacial score (nSPS) is 11.0. The molecule has 0 aliphatic heterocycles. The minimum Gasteiger partial charge on any atom is -0.494 e. The molecule has 0 atom stereocenters. The Bertz CT molecular complexity index is 1050. The van der Waals surface area contributed by atoms with Gasteiger partial charge in [-0.1, -0.05) is 7.43 Å². The number of hydrogen-bond acceptors (Lipinski definition) is 6. The number of aromatic nitrogens is 1. The monoisotopic (exact) mass is 383 g/mol. The van der Waals surface area contributed by atoms with Gasteiger partial charge in [0, 0.05) is 16.5 Å². The largest absolute Gasteiger partial charge is 0.494 e. The molecule has 0 aliphatic carbocycles. The minimum atomic E-state index is -0.619. The Morgan fingerprint density at radius 1 is 1.11 bits per heavy atom. The second kappa shape index (κ2) is 8.36. The van der Waals surface area contributed by atoms with Crippen LogP contribution in [0.1, 0.15) is 40.6 Å². The highest BCUT2D eigenvalue weighted by molar-refractivity contribution is 6.13. The Morgan fingerprint density at radius 2 is 1.75 bits per heavy atom. The predicted molar refractivity (Wildman–Crippen MR) is 106 cm³/mol. The standard InChI is InChI=1S/C19H17N3O5.CH4/c1-10(20-13-6-3-11(4-7-13)17(23)22-26)16-14-9-12(19(25)27-2)5-8-15(14)21-18(16)24;/h3-9,21,24,26H,1-2H3,(H,22,23);1H4. The van der Waals surface area contributed by atoms with Crippen molar-refractivity contribution < 1.29 is 24.6 Å². The number of ether oxygens (including phenoxy) is 1. The lowest BCUT2D eigenvalue weighted by molar-refractivity contribution is 0.0600. The van der Waals surface area contributed by atoms with Gasteiger partial charge >= 0.3 is 5.97 Å². The van der Waals surface area contributed by atoms with Crippen LogP contribution in [0.3, 0.4) is 0 Å². The van der Waals surface area contributed by atoms with Crippen LogP contribution in [0.15, 0.2) is 47.5 Å². The molecule has 0 fully saturated rings. The van der Waals surface area contributed by atoms with Crippen LogP contribution in [-0.2, 0) is 4.74 Å². The maximum Gasteiger partial charge on any atom is 0.337 e. The first-order chi connectivity index (χ1) is 12.9. The molecule has 28 heavy (non-hydrogen) atoms. The van der Waals surface area contributed by atoms with Gasteiger partial charge in [0.1, 0.15) is 0 Å². The van der Waals surface area contributed by atoms with E-state index in [2.05, 4.69) is 9.98 Å². The fourth-order valence-corrected chi connectivity index (χ4v) is 2.79. The zero-order valence-electron chi connectivity index (χ0n) is 14.6. The van der Waals surface area contributed by atoms with E-state index in [1.54, 1.807) is 42.7 Å². The van der Waals surface area contributed by atoms with E-state index >= 15 is 0 Å². The molecule has 146 valence electrons. The summed E-state index contributed by atoms with van der Waals surface area (Å²) in [5, 5.41) is 19.6. The number of aromatic amines is 1. The number of aromatic hydroxyl groups is 1. The number of benzene rings is 2. The summed E-state index contributed by atoms with van der Waals surface area (Å²) < 4.78 is 4.74. The minimum absolute atomic E-state index is 0. The van der Waals surface area contributed by atoms with E-state index in [1.807, 2.05) is 0 Å². The highest BCUT2D eigenvalue weighted by Gasteiger charge is 2.16. The average molecular weight is 383 g/mol. The van der Waals surface area contributed by atoms with Gasteiger partial charge in [0.05, 0.1) is 29.6 Å². The fraction of sp³-hybridized carbons (Fsp3) is 0.150. The zero-order valence-corrected chi connectivity index (χ0v) is 14.6. The maximum absolute atomic E-state index is 11.8. The first-order valence-electron chi connectivity index (χ1n) is 7.97.